The van der Waals surface area contributed by atoms with Gasteiger partial charge in [-0.15, -0.1) is 0 Å². The van der Waals surface area contributed by atoms with E-state index in [1.165, 1.54) is 0 Å². The lowest BCUT2D eigenvalue weighted by Gasteiger charge is -2.13. The molecule has 0 radical (unpaired) electrons. The van der Waals surface area contributed by atoms with Crippen LogP contribution < -0.4 is 5.32 Å². The predicted molar refractivity (Wildman–Crippen MR) is 73.0 cm³/mol. The first kappa shape index (κ1) is 12.9. The zero-order valence-electron chi connectivity index (χ0n) is 9.37. The molecule has 0 atom stereocenters. The third-order valence-electron chi connectivity index (χ3n) is 2.36. The Hall–Kier alpha value is -0.520. The van der Waals surface area contributed by atoms with Gasteiger partial charge >= 0.3 is 0 Å². The van der Waals surface area contributed by atoms with Crippen LogP contribution in [-0.2, 0) is 0 Å². The van der Waals surface area contributed by atoms with Crippen molar-refractivity contribution in [2.45, 2.75) is 19.4 Å². The number of rotatable bonds is 5. The van der Waals surface area contributed by atoms with E-state index < -0.39 is 0 Å². The maximum atomic E-state index is 5.59. The molecule has 0 fully saturated rings. The first-order chi connectivity index (χ1) is 8.20. The van der Waals surface area contributed by atoms with Crippen LogP contribution in [0.2, 0.25) is 0 Å². The molecule has 0 unspecified atom stereocenters. The monoisotopic (exact) mass is 361 g/mol. The highest BCUT2D eigenvalue weighted by Gasteiger charge is 2.20. The summed E-state index contributed by atoms with van der Waals surface area (Å²) in [4.78, 5) is 0. The van der Waals surface area contributed by atoms with Crippen LogP contribution in [0.15, 0.2) is 42.4 Å². The van der Waals surface area contributed by atoms with Crippen molar-refractivity contribution in [2.75, 3.05) is 6.54 Å². The van der Waals surface area contributed by atoms with Gasteiger partial charge in [0.2, 0.25) is 0 Å². The lowest BCUT2D eigenvalue weighted by atomic mass is 10.1. The SMILES string of the molecule is CCCNC(c1ccc(Br)o1)c1ccc(Br)o1. The van der Waals surface area contributed by atoms with Gasteiger partial charge in [0.1, 0.15) is 17.6 Å². The van der Waals surface area contributed by atoms with Gasteiger partial charge in [-0.05, 0) is 69.1 Å². The number of halogens is 2. The van der Waals surface area contributed by atoms with Crippen molar-refractivity contribution in [1.82, 2.24) is 5.32 Å². The maximum absolute atomic E-state index is 5.59. The average molecular weight is 363 g/mol. The molecule has 2 aromatic rings. The van der Waals surface area contributed by atoms with E-state index in [2.05, 4.69) is 44.1 Å². The molecule has 0 spiro atoms. The van der Waals surface area contributed by atoms with E-state index in [-0.39, 0.29) is 6.04 Å². The lowest BCUT2D eigenvalue weighted by molar-refractivity contribution is 0.376. The van der Waals surface area contributed by atoms with E-state index in [9.17, 15) is 0 Å². The summed E-state index contributed by atoms with van der Waals surface area (Å²) >= 11 is 6.62. The van der Waals surface area contributed by atoms with Crippen LogP contribution in [0.4, 0.5) is 0 Å². The van der Waals surface area contributed by atoms with Crippen molar-refractivity contribution in [3.8, 4) is 0 Å². The Balaban J connectivity index is 2.24. The van der Waals surface area contributed by atoms with Crippen LogP contribution >= 0.6 is 31.9 Å². The second-order valence-corrected chi connectivity index (χ2v) is 5.23. The molecule has 0 amide bonds. The van der Waals surface area contributed by atoms with E-state index in [1.807, 2.05) is 24.3 Å². The molecule has 92 valence electrons. The zero-order chi connectivity index (χ0) is 12.3. The molecular formula is C12H13Br2NO2. The fraction of sp³-hybridized carbons (Fsp3) is 0.333. The van der Waals surface area contributed by atoms with Crippen LogP contribution in [-0.4, -0.2) is 6.54 Å². The third-order valence-corrected chi connectivity index (χ3v) is 3.21. The van der Waals surface area contributed by atoms with Gasteiger partial charge in [-0.2, -0.15) is 0 Å². The minimum absolute atomic E-state index is 0.0486. The normalized spacial score (nSPS) is 11.3. The van der Waals surface area contributed by atoms with E-state index in [1.54, 1.807) is 0 Å². The fourth-order valence-corrected chi connectivity index (χ4v) is 2.24. The van der Waals surface area contributed by atoms with Crippen LogP contribution in [0.25, 0.3) is 0 Å². The maximum Gasteiger partial charge on any atom is 0.169 e. The quantitative estimate of drug-likeness (QED) is 0.851. The molecule has 5 heteroatoms. The van der Waals surface area contributed by atoms with Gasteiger partial charge in [0.25, 0.3) is 0 Å². The Bertz CT molecular complexity index is 438. The lowest BCUT2D eigenvalue weighted by Crippen LogP contribution is -2.22. The first-order valence-corrected chi connectivity index (χ1v) is 7.03. The van der Waals surface area contributed by atoms with E-state index in [4.69, 9.17) is 8.83 Å². The molecule has 0 saturated heterocycles. The molecule has 0 bridgehead atoms. The smallest absolute Gasteiger partial charge is 0.169 e. The van der Waals surface area contributed by atoms with Crippen LogP contribution in [0.1, 0.15) is 30.9 Å². The van der Waals surface area contributed by atoms with Gasteiger partial charge < -0.3 is 14.2 Å². The Morgan fingerprint density at radius 2 is 1.59 bits per heavy atom. The molecule has 2 aromatic heterocycles. The van der Waals surface area contributed by atoms with Gasteiger partial charge in [0, 0.05) is 0 Å². The Morgan fingerprint density at radius 1 is 1.06 bits per heavy atom. The highest BCUT2D eigenvalue weighted by atomic mass is 79.9. The summed E-state index contributed by atoms with van der Waals surface area (Å²) in [5, 5.41) is 3.40. The van der Waals surface area contributed by atoms with Crippen LogP contribution in [0.5, 0.6) is 0 Å². The number of hydrogen-bond acceptors (Lipinski definition) is 3. The van der Waals surface area contributed by atoms with E-state index in [0.717, 1.165) is 33.8 Å². The highest BCUT2D eigenvalue weighted by molar-refractivity contribution is 9.10. The highest BCUT2D eigenvalue weighted by Crippen LogP contribution is 2.28. The predicted octanol–water partition coefficient (Wildman–Crippen LogP) is 4.49. The molecule has 2 heterocycles. The van der Waals surface area contributed by atoms with Gasteiger partial charge in [0.15, 0.2) is 9.34 Å². The van der Waals surface area contributed by atoms with Crippen molar-refractivity contribution in [2.24, 2.45) is 0 Å². The summed E-state index contributed by atoms with van der Waals surface area (Å²) in [6, 6.07) is 7.59. The van der Waals surface area contributed by atoms with Gasteiger partial charge in [0.05, 0.1) is 0 Å². The Labute approximate surface area is 117 Å². The standard InChI is InChI=1S/C12H13Br2NO2/c1-2-7-15-12(8-3-5-10(13)16-8)9-4-6-11(14)17-9/h3-6,12,15H,2,7H2,1H3. The van der Waals surface area contributed by atoms with Crippen molar-refractivity contribution >= 4 is 31.9 Å². The summed E-state index contributed by atoms with van der Waals surface area (Å²) in [7, 11) is 0. The Kier molecular flexibility index (Phi) is 4.48. The molecule has 0 aliphatic carbocycles. The van der Waals surface area contributed by atoms with Gasteiger partial charge in [-0.25, -0.2) is 0 Å². The molecule has 0 aliphatic rings. The second kappa shape index (κ2) is 5.89. The molecule has 17 heavy (non-hydrogen) atoms. The van der Waals surface area contributed by atoms with E-state index in [0.29, 0.717) is 0 Å². The number of furan rings is 2. The molecular weight excluding hydrogens is 350 g/mol. The van der Waals surface area contributed by atoms with Gasteiger partial charge in [-0.1, -0.05) is 6.92 Å². The molecule has 0 saturated carbocycles. The largest absolute Gasteiger partial charge is 0.452 e. The van der Waals surface area contributed by atoms with Gasteiger partial charge in [-0.3, -0.25) is 0 Å². The van der Waals surface area contributed by atoms with Crippen LogP contribution in [0, 0.1) is 0 Å². The second-order valence-electron chi connectivity index (χ2n) is 3.67. The first-order valence-electron chi connectivity index (χ1n) is 5.44. The van der Waals surface area contributed by atoms with Crippen molar-refractivity contribution < 1.29 is 8.83 Å². The number of nitrogens with one attached hydrogen (secondary N) is 1. The third kappa shape index (κ3) is 3.24. The average Bonchev–Trinajstić information content (AvgIpc) is 2.89. The van der Waals surface area contributed by atoms with Crippen molar-refractivity contribution in [3.63, 3.8) is 0 Å². The molecule has 3 nitrogen and oxygen atoms in total. The van der Waals surface area contributed by atoms with Crippen LogP contribution in [0.3, 0.4) is 0 Å². The summed E-state index contributed by atoms with van der Waals surface area (Å²) < 4.78 is 12.6. The number of hydrogen-bond donors (Lipinski definition) is 1. The van der Waals surface area contributed by atoms with Crippen molar-refractivity contribution in [3.05, 3.63) is 45.1 Å². The minimum Gasteiger partial charge on any atom is -0.452 e. The molecule has 0 aliphatic heterocycles. The van der Waals surface area contributed by atoms with E-state index >= 15 is 0 Å². The summed E-state index contributed by atoms with van der Waals surface area (Å²) in [6.45, 7) is 3.03. The summed E-state index contributed by atoms with van der Waals surface area (Å²) in [5.74, 6) is 1.68. The molecule has 0 aromatic carbocycles. The summed E-state index contributed by atoms with van der Waals surface area (Å²) in [6.07, 6.45) is 1.06. The topological polar surface area (TPSA) is 38.3 Å². The fourth-order valence-electron chi connectivity index (χ4n) is 1.60. The molecule has 1 N–H and O–H groups in total. The molecule has 2 rings (SSSR count). The van der Waals surface area contributed by atoms with Crippen molar-refractivity contribution in [1.29, 1.82) is 0 Å². The zero-order valence-corrected chi connectivity index (χ0v) is 12.5. The summed E-state index contributed by atoms with van der Waals surface area (Å²) in [5.41, 5.74) is 0. The minimum atomic E-state index is -0.0486. The Morgan fingerprint density at radius 3 is 1.94 bits per heavy atom.